The summed E-state index contributed by atoms with van der Waals surface area (Å²) in [6.45, 7) is 1.75. The molecule has 1 N–H and O–H groups in total. The van der Waals surface area contributed by atoms with Gasteiger partial charge in [0.2, 0.25) is 5.91 Å². The van der Waals surface area contributed by atoms with Crippen molar-refractivity contribution in [3.05, 3.63) is 0 Å². The lowest BCUT2D eigenvalue weighted by molar-refractivity contribution is -0.125. The van der Waals surface area contributed by atoms with Crippen molar-refractivity contribution in [2.75, 3.05) is 26.7 Å². The lowest BCUT2D eigenvalue weighted by Crippen LogP contribution is -2.41. The van der Waals surface area contributed by atoms with Crippen LogP contribution in [0, 0.1) is 0 Å². The summed E-state index contributed by atoms with van der Waals surface area (Å²) in [5.41, 5.74) is 0. The van der Waals surface area contributed by atoms with Crippen molar-refractivity contribution < 1.29 is 9.59 Å². The molecule has 0 aromatic carbocycles. The van der Waals surface area contributed by atoms with E-state index in [1.807, 2.05) is 0 Å². The molecule has 2 rings (SSSR count). The Morgan fingerprint density at radius 1 is 1.50 bits per heavy atom. The predicted octanol–water partition coefficient (Wildman–Crippen LogP) is -0.368. The van der Waals surface area contributed by atoms with Crippen LogP contribution in [0.2, 0.25) is 0 Å². The van der Waals surface area contributed by atoms with Crippen molar-refractivity contribution in [1.82, 2.24) is 15.1 Å². The maximum absolute atomic E-state index is 11.5. The van der Waals surface area contributed by atoms with Gasteiger partial charge in [-0.2, -0.15) is 0 Å². The summed E-state index contributed by atoms with van der Waals surface area (Å²) in [6.07, 6.45) is 2.19. The summed E-state index contributed by atoms with van der Waals surface area (Å²) in [5, 5.41) is 3.27. The Hall–Kier alpha value is -1.10. The monoisotopic (exact) mass is 197 g/mol. The molecule has 2 heterocycles. The number of rotatable bonds is 2. The standard InChI is InChI=1S/C9H15N3O2/c1-11-6-8(13)12(9(11)14)5-7-3-2-4-10-7/h7,10H,2-6H2,1H3/t7-/m0/s1. The third-order valence-corrected chi connectivity index (χ3v) is 2.80. The zero-order valence-corrected chi connectivity index (χ0v) is 8.32. The second-order valence-electron chi connectivity index (χ2n) is 3.94. The molecule has 3 amide bonds. The van der Waals surface area contributed by atoms with Crippen LogP contribution in [-0.2, 0) is 4.79 Å². The summed E-state index contributed by atoms with van der Waals surface area (Å²) in [4.78, 5) is 25.7. The molecule has 2 aliphatic rings. The van der Waals surface area contributed by atoms with E-state index in [2.05, 4.69) is 5.32 Å². The number of nitrogens with zero attached hydrogens (tertiary/aromatic N) is 2. The first-order chi connectivity index (χ1) is 6.68. The van der Waals surface area contributed by atoms with Crippen molar-refractivity contribution in [3.63, 3.8) is 0 Å². The van der Waals surface area contributed by atoms with Crippen LogP contribution < -0.4 is 5.32 Å². The molecule has 2 aliphatic heterocycles. The fraction of sp³-hybridized carbons (Fsp3) is 0.778. The normalized spacial score (nSPS) is 27.9. The van der Waals surface area contributed by atoms with E-state index >= 15 is 0 Å². The predicted molar refractivity (Wildman–Crippen MR) is 50.8 cm³/mol. The Morgan fingerprint density at radius 2 is 2.29 bits per heavy atom. The van der Waals surface area contributed by atoms with Gasteiger partial charge in [-0.05, 0) is 19.4 Å². The maximum atomic E-state index is 11.5. The molecule has 0 bridgehead atoms. The van der Waals surface area contributed by atoms with Gasteiger partial charge in [0.15, 0.2) is 0 Å². The molecule has 0 spiro atoms. The molecule has 5 nitrogen and oxygen atoms in total. The van der Waals surface area contributed by atoms with Crippen molar-refractivity contribution in [2.24, 2.45) is 0 Å². The zero-order chi connectivity index (χ0) is 10.1. The minimum Gasteiger partial charge on any atom is -0.318 e. The highest BCUT2D eigenvalue weighted by Crippen LogP contribution is 2.12. The lowest BCUT2D eigenvalue weighted by Gasteiger charge is -2.18. The van der Waals surface area contributed by atoms with E-state index in [4.69, 9.17) is 0 Å². The number of imide groups is 1. The zero-order valence-electron chi connectivity index (χ0n) is 8.32. The summed E-state index contributed by atoms with van der Waals surface area (Å²) in [7, 11) is 1.66. The lowest BCUT2D eigenvalue weighted by atomic mass is 10.2. The number of carbonyl (C=O) groups is 2. The first-order valence-electron chi connectivity index (χ1n) is 4.97. The Balaban J connectivity index is 1.96. The quantitative estimate of drug-likeness (QED) is 0.615. The fourth-order valence-electron chi connectivity index (χ4n) is 1.98. The third kappa shape index (κ3) is 1.59. The van der Waals surface area contributed by atoms with Crippen molar-refractivity contribution in [2.45, 2.75) is 18.9 Å². The van der Waals surface area contributed by atoms with Gasteiger partial charge in [-0.15, -0.1) is 0 Å². The van der Waals surface area contributed by atoms with Gasteiger partial charge in [-0.3, -0.25) is 9.69 Å². The van der Waals surface area contributed by atoms with Gasteiger partial charge in [0.25, 0.3) is 0 Å². The average molecular weight is 197 g/mol. The van der Waals surface area contributed by atoms with Crippen molar-refractivity contribution >= 4 is 11.9 Å². The molecule has 2 saturated heterocycles. The number of amides is 3. The first kappa shape index (κ1) is 9.45. The van der Waals surface area contributed by atoms with Crippen molar-refractivity contribution in [3.8, 4) is 0 Å². The Bertz CT molecular complexity index is 261. The molecule has 0 unspecified atom stereocenters. The molecule has 2 fully saturated rings. The van der Waals surface area contributed by atoms with Gasteiger partial charge in [0.05, 0.1) is 0 Å². The molecule has 78 valence electrons. The first-order valence-corrected chi connectivity index (χ1v) is 4.97. The molecule has 1 atom stereocenters. The molecule has 0 saturated carbocycles. The van der Waals surface area contributed by atoms with Crippen LogP contribution >= 0.6 is 0 Å². The smallest absolute Gasteiger partial charge is 0.318 e. The minimum absolute atomic E-state index is 0.0776. The summed E-state index contributed by atoms with van der Waals surface area (Å²) < 4.78 is 0. The molecule has 5 heteroatoms. The van der Waals surface area contributed by atoms with E-state index in [1.54, 1.807) is 7.05 Å². The number of urea groups is 1. The van der Waals surface area contributed by atoms with Gasteiger partial charge < -0.3 is 10.2 Å². The molecule has 14 heavy (non-hydrogen) atoms. The Labute approximate surface area is 83.0 Å². The Morgan fingerprint density at radius 3 is 2.79 bits per heavy atom. The molecule has 0 radical (unpaired) electrons. The van der Waals surface area contributed by atoms with Crippen LogP contribution in [0.15, 0.2) is 0 Å². The number of hydrogen-bond donors (Lipinski definition) is 1. The molecule has 0 aliphatic carbocycles. The summed E-state index contributed by atoms with van der Waals surface area (Å²) >= 11 is 0. The number of hydrogen-bond acceptors (Lipinski definition) is 3. The van der Waals surface area contributed by atoms with E-state index in [-0.39, 0.29) is 18.5 Å². The second kappa shape index (κ2) is 3.57. The van der Waals surface area contributed by atoms with E-state index in [0.29, 0.717) is 12.6 Å². The van der Waals surface area contributed by atoms with Crippen LogP contribution in [0.5, 0.6) is 0 Å². The highest BCUT2D eigenvalue weighted by Gasteiger charge is 2.35. The topological polar surface area (TPSA) is 52.7 Å². The number of nitrogens with one attached hydrogen (secondary N) is 1. The van der Waals surface area contributed by atoms with Gasteiger partial charge >= 0.3 is 6.03 Å². The van der Waals surface area contributed by atoms with Gasteiger partial charge in [0, 0.05) is 19.6 Å². The van der Waals surface area contributed by atoms with Gasteiger partial charge in [0.1, 0.15) is 6.54 Å². The molecule has 0 aromatic heterocycles. The maximum Gasteiger partial charge on any atom is 0.327 e. The van der Waals surface area contributed by atoms with Crippen LogP contribution in [0.25, 0.3) is 0 Å². The number of likely N-dealkylation sites (N-methyl/N-ethyl adjacent to an activating group) is 1. The van der Waals surface area contributed by atoms with Crippen LogP contribution in [0.4, 0.5) is 4.79 Å². The molecular formula is C9H15N3O2. The van der Waals surface area contributed by atoms with Crippen LogP contribution in [-0.4, -0.2) is 54.5 Å². The Kier molecular flexibility index (Phi) is 2.41. The highest BCUT2D eigenvalue weighted by atomic mass is 16.2. The summed E-state index contributed by atoms with van der Waals surface area (Å²) in [5.74, 6) is -0.0776. The van der Waals surface area contributed by atoms with Gasteiger partial charge in [-0.25, -0.2) is 4.79 Å². The third-order valence-electron chi connectivity index (χ3n) is 2.80. The molecular weight excluding hydrogens is 182 g/mol. The summed E-state index contributed by atoms with van der Waals surface area (Å²) in [6, 6.07) is 0.137. The van der Waals surface area contributed by atoms with Crippen LogP contribution in [0.1, 0.15) is 12.8 Å². The SMILES string of the molecule is CN1CC(=O)N(C[C@@H]2CCCN2)C1=O. The fourth-order valence-corrected chi connectivity index (χ4v) is 1.98. The largest absolute Gasteiger partial charge is 0.327 e. The second-order valence-corrected chi connectivity index (χ2v) is 3.94. The average Bonchev–Trinajstić information content (AvgIpc) is 2.71. The van der Waals surface area contributed by atoms with E-state index < -0.39 is 0 Å². The van der Waals surface area contributed by atoms with Crippen LogP contribution in [0.3, 0.4) is 0 Å². The highest BCUT2D eigenvalue weighted by molar-refractivity contribution is 6.01. The number of carbonyl (C=O) groups excluding carboxylic acids is 2. The van der Waals surface area contributed by atoms with E-state index in [9.17, 15) is 9.59 Å². The van der Waals surface area contributed by atoms with Crippen molar-refractivity contribution in [1.29, 1.82) is 0 Å². The van der Waals surface area contributed by atoms with E-state index in [0.717, 1.165) is 19.4 Å². The minimum atomic E-state index is -0.163. The van der Waals surface area contributed by atoms with Gasteiger partial charge in [-0.1, -0.05) is 0 Å². The molecule has 0 aromatic rings. The van der Waals surface area contributed by atoms with E-state index in [1.165, 1.54) is 9.80 Å².